The Morgan fingerprint density at radius 2 is 2.11 bits per heavy atom. The van der Waals surface area contributed by atoms with Gasteiger partial charge in [0, 0.05) is 12.7 Å². The number of aromatic nitrogens is 1. The molecule has 0 saturated heterocycles. The van der Waals surface area contributed by atoms with Crippen LogP contribution in [0.5, 0.6) is 0 Å². The standard InChI is InChI=1S/C13H20N2O3/c1-4-15-7-5-6-11(15)12(16)14-10(13(17)18)8-9(2)3/h5-7,9-10H,4,8H2,1-3H3,(H,14,16)(H,17,18)/t10-/m0/s1. The third kappa shape index (κ3) is 3.61. The summed E-state index contributed by atoms with van der Waals surface area (Å²) in [6.07, 6.45) is 2.22. The second kappa shape index (κ2) is 6.23. The lowest BCUT2D eigenvalue weighted by atomic mass is 10.0. The van der Waals surface area contributed by atoms with Gasteiger partial charge in [-0.15, -0.1) is 0 Å². The van der Waals surface area contributed by atoms with Crippen LogP contribution in [0.1, 0.15) is 37.7 Å². The summed E-state index contributed by atoms with van der Waals surface area (Å²) in [5.41, 5.74) is 0.493. The molecular weight excluding hydrogens is 232 g/mol. The zero-order valence-electron chi connectivity index (χ0n) is 11.0. The van der Waals surface area contributed by atoms with Crippen molar-refractivity contribution in [2.45, 2.75) is 39.8 Å². The quantitative estimate of drug-likeness (QED) is 0.810. The lowest BCUT2D eigenvalue weighted by molar-refractivity contribution is -0.139. The maximum atomic E-state index is 12.0. The number of aliphatic carboxylic acids is 1. The minimum Gasteiger partial charge on any atom is -0.480 e. The minimum absolute atomic E-state index is 0.212. The molecule has 2 N–H and O–H groups in total. The van der Waals surface area contributed by atoms with Crippen molar-refractivity contribution in [3.8, 4) is 0 Å². The van der Waals surface area contributed by atoms with Crippen molar-refractivity contribution < 1.29 is 14.7 Å². The number of carboxylic acid groups (broad SMARTS) is 1. The van der Waals surface area contributed by atoms with Crippen LogP contribution < -0.4 is 5.32 Å². The van der Waals surface area contributed by atoms with E-state index in [1.807, 2.05) is 20.8 Å². The van der Waals surface area contributed by atoms with Gasteiger partial charge in [0.05, 0.1) is 0 Å². The first-order valence-corrected chi connectivity index (χ1v) is 6.14. The SMILES string of the molecule is CCn1cccc1C(=O)N[C@@H](CC(C)C)C(=O)O. The van der Waals surface area contributed by atoms with Gasteiger partial charge in [-0.25, -0.2) is 4.79 Å². The molecule has 5 heteroatoms. The van der Waals surface area contributed by atoms with Gasteiger partial charge >= 0.3 is 5.97 Å². The highest BCUT2D eigenvalue weighted by molar-refractivity contribution is 5.95. The number of hydrogen-bond acceptors (Lipinski definition) is 2. The van der Waals surface area contributed by atoms with E-state index in [2.05, 4.69) is 5.32 Å². The summed E-state index contributed by atoms with van der Waals surface area (Å²) in [5, 5.41) is 11.6. The Morgan fingerprint density at radius 1 is 1.44 bits per heavy atom. The Kier molecular flexibility index (Phi) is 4.95. The van der Waals surface area contributed by atoms with Crippen molar-refractivity contribution >= 4 is 11.9 Å². The van der Waals surface area contributed by atoms with Gasteiger partial charge in [0.15, 0.2) is 0 Å². The van der Waals surface area contributed by atoms with Crippen LogP contribution in [0.3, 0.4) is 0 Å². The highest BCUT2D eigenvalue weighted by atomic mass is 16.4. The largest absolute Gasteiger partial charge is 0.480 e. The Hall–Kier alpha value is -1.78. The Balaban J connectivity index is 2.75. The molecule has 1 aromatic heterocycles. The molecule has 1 amide bonds. The molecule has 5 nitrogen and oxygen atoms in total. The van der Waals surface area contributed by atoms with Crippen molar-refractivity contribution in [3.63, 3.8) is 0 Å². The van der Waals surface area contributed by atoms with Gasteiger partial charge in [0.1, 0.15) is 11.7 Å². The minimum atomic E-state index is -0.994. The predicted octanol–water partition coefficient (Wildman–Crippen LogP) is 1.74. The predicted molar refractivity (Wildman–Crippen MR) is 68.5 cm³/mol. The molecule has 0 bridgehead atoms. The topological polar surface area (TPSA) is 71.3 Å². The molecule has 1 atom stereocenters. The summed E-state index contributed by atoms with van der Waals surface area (Å²) >= 11 is 0. The van der Waals surface area contributed by atoms with Crippen LogP contribution in [0.2, 0.25) is 0 Å². The second-order valence-electron chi connectivity index (χ2n) is 4.67. The fraction of sp³-hybridized carbons (Fsp3) is 0.538. The van der Waals surface area contributed by atoms with Crippen LogP contribution in [0.4, 0.5) is 0 Å². The summed E-state index contributed by atoms with van der Waals surface area (Å²) < 4.78 is 1.78. The number of hydrogen-bond donors (Lipinski definition) is 2. The highest BCUT2D eigenvalue weighted by Crippen LogP contribution is 2.07. The number of nitrogens with zero attached hydrogens (tertiary/aromatic N) is 1. The van der Waals surface area contributed by atoms with Crippen molar-refractivity contribution in [3.05, 3.63) is 24.0 Å². The van der Waals surface area contributed by atoms with E-state index in [0.717, 1.165) is 0 Å². The number of carboxylic acids is 1. The van der Waals surface area contributed by atoms with E-state index in [1.165, 1.54) is 0 Å². The summed E-state index contributed by atoms with van der Waals surface area (Å²) in [4.78, 5) is 23.1. The maximum absolute atomic E-state index is 12.0. The van der Waals surface area contributed by atoms with Crippen LogP contribution in [0, 0.1) is 5.92 Å². The van der Waals surface area contributed by atoms with Gasteiger partial charge in [-0.1, -0.05) is 13.8 Å². The van der Waals surface area contributed by atoms with Gasteiger partial charge in [-0.05, 0) is 31.4 Å². The van der Waals surface area contributed by atoms with E-state index in [9.17, 15) is 9.59 Å². The number of amides is 1. The van der Waals surface area contributed by atoms with Crippen molar-refractivity contribution in [1.29, 1.82) is 0 Å². The number of rotatable bonds is 6. The Labute approximate surface area is 107 Å². The first-order valence-electron chi connectivity index (χ1n) is 6.14. The number of carbonyl (C=O) groups is 2. The first-order chi connectivity index (χ1) is 8.45. The molecule has 18 heavy (non-hydrogen) atoms. The molecule has 1 heterocycles. The normalized spacial score (nSPS) is 12.4. The second-order valence-corrected chi connectivity index (χ2v) is 4.67. The summed E-state index contributed by atoms with van der Waals surface area (Å²) in [6.45, 7) is 6.46. The summed E-state index contributed by atoms with van der Waals surface area (Å²) in [7, 11) is 0. The molecule has 0 unspecified atom stereocenters. The van der Waals surface area contributed by atoms with Gasteiger partial charge < -0.3 is 15.0 Å². The summed E-state index contributed by atoms with van der Waals surface area (Å²) in [5.74, 6) is -1.12. The van der Waals surface area contributed by atoms with Crippen LogP contribution >= 0.6 is 0 Å². The van der Waals surface area contributed by atoms with Gasteiger partial charge in [0.25, 0.3) is 5.91 Å². The molecule has 0 fully saturated rings. The van der Waals surface area contributed by atoms with Gasteiger partial charge in [0.2, 0.25) is 0 Å². The van der Waals surface area contributed by atoms with E-state index in [1.54, 1.807) is 22.9 Å². The zero-order valence-corrected chi connectivity index (χ0v) is 11.0. The molecule has 0 saturated carbocycles. The molecular formula is C13H20N2O3. The third-order valence-electron chi connectivity index (χ3n) is 2.71. The molecule has 0 radical (unpaired) electrons. The maximum Gasteiger partial charge on any atom is 0.326 e. The smallest absolute Gasteiger partial charge is 0.326 e. The molecule has 0 aliphatic carbocycles. The summed E-state index contributed by atoms with van der Waals surface area (Å²) in [6, 6.07) is 2.63. The highest BCUT2D eigenvalue weighted by Gasteiger charge is 2.22. The third-order valence-corrected chi connectivity index (χ3v) is 2.71. The lowest BCUT2D eigenvalue weighted by Gasteiger charge is -2.17. The Morgan fingerprint density at radius 3 is 2.61 bits per heavy atom. The molecule has 0 spiro atoms. The van der Waals surface area contributed by atoms with Gasteiger partial charge in [-0.3, -0.25) is 4.79 Å². The molecule has 0 aliphatic heterocycles. The monoisotopic (exact) mass is 252 g/mol. The van der Waals surface area contributed by atoms with E-state index in [-0.39, 0.29) is 11.8 Å². The number of nitrogens with one attached hydrogen (secondary N) is 1. The Bertz CT molecular complexity index is 424. The van der Waals surface area contributed by atoms with E-state index in [4.69, 9.17) is 5.11 Å². The van der Waals surface area contributed by atoms with Crippen molar-refractivity contribution in [1.82, 2.24) is 9.88 Å². The van der Waals surface area contributed by atoms with E-state index < -0.39 is 12.0 Å². The fourth-order valence-electron chi connectivity index (χ4n) is 1.82. The fourth-order valence-corrected chi connectivity index (χ4v) is 1.82. The van der Waals surface area contributed by atoms with Crippen molar-refractivity contribution in [2.75, 3.05) is 0 Å². The van der Waals surface area contributed by atoms with Crippen LogP contribution in [0.15, 0.2) is 18.3 Å². The number of aryl methyl sites for hydroxylation is 1. The number of carbonyl (C=O) groups excluding carboxylic acids is 1. The zero-order chi connectivity index (χ0) is 13.7. The van der Waals surface area contributed by atoms with Crippen LogP contribution in [-0.2, 0) is 11.3 Å². The molecule has 1 rings (SSSR count). The van der Waals surface area contributed by atoms with Crippen molar-refractivity contribution in [2.24, 2.45) is 5.92 Å². The van der Waals surface area contributed by atoms with E-state index >= 15 is 0 Å². The lowest BCUT2D eigenvalue weighted by Crippen LogP contribution is -2.42. The average Bonchev–Trinajstić information content (AvgIpc) is 2.75. The van der Waals surface area contributed by atoms with Crippen LogP contribution in [0.25, 0.3) is 0 Å². The molecule has 1 aromatic rings. The molecule has 100 valence electrons. The van der Waals surface area contributed by atoms with Gasteiger partial charge in [-0.2, -0.15) is 0 Å². The molecule has 0 aliphatic rings. The first kappa shape index (κ1) is 14.3. The average molecular weight is 252 g/mol. The van der Waals surface area contributed by atoms with E-state index in [0.29, 0.717) is 18.7 Å². The molecule has 0 aromatic carbocycles. The van der Waals surface area contributed by atoms with Crippen LogP contribution in [-0.4, -0.2) is 27.6 Å².